The SMILES string of the molecule is CCNCc1cc(S(=O)(=O)N(C)CC(F)F)cc(C)c1F. The van der Waals surface area contributed by atoms with Gasteiger partial charge in [-0.15, -0.1) is 0 Å². The van der Waals surface area contributed by atoms with Gasteiger partial charge in [0.2, 0.25) is 10.0 Å². The number of nitrogens with zero attached hydrogens (tertiary/aromatic N) is 1. The molecule has 0 aromatic heterocycles. The molecule has 4 nitrogen and oxygen atoms in total. The van der Waals surface area contributed by atoms with Crippen LogP contribution in [0, 0.1) is 12.7 Å². The zero-order chi connectivity index (χ0) is 16.2. The maximum absolute atomic E-state index is 13.9. The predicted octanol–water partition coefficient (Wildman–Crippen LogP) is 2.13. The first-order chi connectivity index (χ1) is 9.70. The van der Waals surface area contributed by atoms with Gasteiger partial charge in [0.1, 0.15) is 5.82 Å². The lowest BCUT2D eigenvalue weighted by atomic mass is 10.1. The third-order valence-electron chi connectivity index (χ3n) is 2.97. The number of sulfonamides is 1. The molecule has 8 heteroatoms. The minimum absolute atomic E-state index is 0.162. The number of halogens is 3. The molecule has 21 heavy (non-hydrogen) atoms. The van der Waals surface area contributed by atoms with Crippen molar-refractivity contribution in [2.75, 3.05) is 20.1 Å². The lowest BCUT2D eigenvalue weighted by Gasteiger charge is -2.18. The largest absolute Gasteiger partial charge is 0.313 e. The summed E-state index contributed by atoms with van der Waals surface area (Å²) in [6.07, 6.45) is -2.77. The summed E-state index contributed by atoms with van der Waals surface area (Å²) in [5.41, 5.74) is 0.357. The highest BCUT2D eigenvalue weighted by Crippen LogP contribution is 2.22. The zero-order valence-corrected chi connectivity index (χ0v) is 13.0. The predicted molar refractivity (Wildman–Crippen MR) is 74.3 cm³/mol. The van der Waals surface area contributed by atoms with E-state index in [0.717, 1.165) is 13.1 Å². The van der Waals surface area contributed by atoms with Crippen LogP contribution in [0.25, 0.3) is 0 Å². The molecule has 1 aromatic rings. The molecule has 120 valence electrons. The Bertz CT molecular complexity index is 591. The minimum Gasteiger partial charge on any atom is -0.313 e. The molecule has 0 atom stereocenters. The summed E-state index contributed by atoms with van der Waals surface area (Å²) in [6, 6.07) is 2.34. The second kappa shape index (κ2) is 7.24. The number of nitrogens with one attached hydrogen (secondary N) is 1. The van der Waals surface area contributed by atoms with Crippen molar-refractivity contribution in [1.82, 2.24) is 9.62 Å². The first kappa shape index (κ1) is 17.9. The Labute approximate surface area is 123 Å². The maximum Gasteiger partial charge on any atom is 0.252 e. The third-order valence-corrected chi connectivity index (χ3v) is 4.77. The van der Waals surface area contributed by atoms with Crippen LogP contribution in [-0.2, 0) is 16.6 Å². The van der Waals surface area contributed by atoms with Crippen LogP contribution in [0.2, 0.25) is 0 Å². The maximum atomic E-state index is 13.9. The molecule has 0 amide bonds. The highest BCUT2D eigenvalue weighted by molar-refractivity contribution is 7.89. The van der Waals surface area contributed by atoms with Crippen LogP contribution in [0.15, 0.2) is 17.0 Å². The molecule has 0 fully saturated rings. The smallest absolute Gasteiger partial charge is 0.252 e. The van der Waals surface area contributed by atoms with E-state index >= 15 is 0 Å². The van der Waals surface area contributed by atoms with E-state index in [1.807, 2.05) is 6.92 Å². The Balaban J connectivity index is 3.20. The molecule has 0 saturated carbocycles. The van der Waals surface area contributed by atoms with Crippen molar-refractivity contribution in [1.29, 1.82) is 0 Å². The van der Waals surface area contributed by atoms with E-state index in [2.05, 4.69) is 5.32 Å². The van der Waals surface area contributed by atoms with Gasteiger partial charge in [-0.3, -0.25) is 0 Å². The van der Waals surface area contributed by atoms with Crippen molar-refractivity contribution < 1.29 is 21.6 Å². The molecule has 0 radical (unpaired) electrons. The zero-order valence-electron chi connectivity index (χ0n) is 12.2. The topological polar surface area (TPSA) is 49.4 Å². The number of rotatable bonds is 7. The van der Waals surface area contributed by atoms with Crippen LogP contribution >= 0.6 is 0 Å². The summed E-state index contributed by atoms with van der Waals surface area (Å²) >= 11 is 0. The molecule has 1 N–H and O–H groups in total. The number of alkyl halides is 2. The van der Waals surface area contributed by atoms with E-state index in [1.54, 1.807) is 0 Å². The summed E-state index contributed by atoms with van der Waals surface area (Å²) in [5.74, 6) is -0.494. The summed E-state index contributed by atoms with van der Waals surface area (Å²) in [6.45, 7) is 3.14. The van der Waals surface area contributed by atoms with E-state index < -0.39 is 28.8 Å². The molecule has 0 aliphatic carbocycles. The summed E-state index contributed by atoms with van der Waals surface area (Å²) in [5, 5.41) is 2.90. The second-order valence-corrected chi connectivity index (χ2v) is 6.72. The fraction of sp³-hybridized carbons (Fsp3) is 0.538. The third kappa shape index (κ3) is 4.42. The van der Waals surface area contributed by atoms with Gasteiger partial charge in [-0.2, -0.15) is 4.31 Å². The first-order valence-electron chi connectivity index (χ1n) is 6.44. The van der Waals surface area contributed by atoms with Gasteiger partial charge in [0.05, 0.1) is 11.4 Å². The van der Waals surface area contributed by atoms with Crippen LogP contribution in [0.1, 0.15) is 18.1 Å². The summed E-state index contributed by atoms with van der Waals surface area (Å²) < 4.78 is 63.6. The molecule has 0 unspecified atom stereocenters. The average molecular weight is 324 g/mol. The molecule has 1 aromatic carbocycles. The fourth-order valence-electron chi connectivity index (χ4n) is 1.82. The Morgan fingerprint density at radius 2 is 1.95 bits per heavy atom. The molecule has 0 bridgehead atoms. The number of benzene rings is 1. The first-order valence-corrected chi connectivity index (χ1v) is 7.88. The van der Waals surface area contributed by atoms with Crippen molar-refractivity contribution in [2.24, 2.45) is 0 Å². The van der Waals surface area contributed by atoms with Crippen LogP contribution in [0.3, 0.4) is 0 Å². The quantitative estimate of drug-likeness (QED) is 0.836. The lowest BCUT2D eigenvalue weighted by molar-refractivity contribution is 0.126. The van der Waals surface area contributed by atoms with Crippen molar-refractivity contribution in [3.8, 4) is 0 Å². The molecular weight excluding hydrogens is 305 g/mol. The molecule has 0 aliphatic heterocycles. The van der Waals surface area contributed by atoms with Gasteiger partial charge in [0, 0.05) is 19.2 Å². The number of hydrogen-bond donors (Lipinski definition) is 1. The van der Waals surface area contributed by atoms with Crippen molar-refractivity contribution >= 4 is 10.0 Å². The Hall–Kier alpha value is -1.12. The van der Waals surface area contributed by atoms with E-state index in [4.69, 9.17) is 0 Å². The molecule has 0 aliphatic rings. The van der Waals surface area contributed by atoms with Gasteiger partial charge >= 0.3 is 0 Å². The molecule has 0 saturated heterocycles. The van der Waals surface area contributed by atoms with Crippen LogP contribution in [0.5, 0.6) is 0 Å². The summed E-state index contributed by atoms with van der Waals surface area (Å²) in [4.78, 5) is -0.183. The number of aryl methyl sites for hydroxylation is 1. The van der Waals surface area contributed by atoms with Gasteiger partial charge in [-0.1, -0.05) is 6.92 Å². The van der Waals surface area contributed by atoms with Crippen LogP contribution in [0.4, 0.5) is 13.2 Å². The minimum atomic E-state index is -4.06. The highest BCUT2D eigenvalue weighted by atomic mass is 32.2. The number of hydrogen-bond acceptors (Lipinski definition) is 3. The molecule has 0 spiro atoms. The highest BCUT2D eigenvalue weighted by Gasteiger charge is 2.25. The van der Waals surface area contributed by atoms with Gasteiger partial charge in [-0.05, 0) is 31.2 Å². The van der Waals surface area contributed by atoms with Gasteiger partial charge in [-0.25, -0.2) is 21.6 Å². The van der Waals surface area contributed by atoms with E-state index in [0.29, 0.717) is 10.8 Å². The summed E-state index contributed by atoms with van der Waals surface area (Å²) in [7, 11) is -2.99. The Morgan fingerprint density at radius 3 is 2.48 bits per heavy atom. The van der Waals surface area contributed by atoms with Gasteiger partial charge in [0.25, 0.3) is 6.43 Å². The standard InChI is InChI=1S/C13H19F3N2O2S/c1-4-17-7-10-6-11(5-9(2)13(10)16)21(19,20)18(3)8-12(14)15/h5-6,12,17H,4,7-8H2,1-3H3. The van der Waals surface area contributed by atoms with E-state index in [1.165, 1.54) is 13.0 Å². The monoisotopic (exact) mass is 324 g/mol. The second-order valence-electron chi connectivity index (χ2n) is 4.67. The Kier molecular flexibility index (Phi) is 6.18. The fourth-order valence-corrected chi connectivity index (χ4v) is 3.10. The van der Waals surface area contributed by atoms with E-state index in [-0.39, 0.29) is 22.6 Å². The molecule has 0 heterocycles. The Morgan fingerprint density at radius 1 is 1.33 bits per heavy atom. The van der Waals surface area contributed by atoms with Crippen molar-refractivity contribution in [3.63, 3.8) is 0 Å². The lowest BCUT2D eigenvalue weighted by Crippen LogP contribution is -2.31. The van der Waals surface area contributed by atoms with Crippen LogP contribution in [-0.4, -0.2) is 39.3 Å². The normalized spacial score (nSPS) is 12.4. The van der Waals surface area contributed by atoms with Gasteiger partial charge in [0.15, 0.2) is 0 Å². The molecule has 1 rings (SSSR count). The van der Waals surface area contributed by atoms with Crippen molar-refractivity contribution in [3.05, 3.63) is 29.1 Å². The van der Waals surface area contributed by atoms with E-state index in [9.17, 15) is 21.6 Å². The molecular formula is C13H19F3N2O2S. The van der Waals surface area contributed by atoms with Gasteiger partial charge < -0.3 is 5.32 Å². The van der Waals surface area contributed by atoms with Crippen LogP contribution < -0.4 is 5.32 Å². The van der Waals surface area contributed by atoms with Crippen molar-refractivity contribution in [2.45, 2.75) is 31.7 Å². The average Bonchev–Trinajstić information content (AvgIpc) is 2.39.